The molecule has 3 rings (SSSR count). The van der Waals surface area contributed by atoms with Crippen molar-refractivity contribution >= 4 is 52.3 Å². The highest BCUT2D eigenvalue weighted by Crippen LogP contribution is 2.31. The van der Waals surface area contributed by atoms with E-state index in [4.69, 9.17) is 34.8 Å². The van der Waals surface area contributed by atoms with Crippen LogP contribution in [0.5, 0.6) is 0 Å². The molecule has 0 atom stereocenters. The van der Waals surface area contributed by atoms with Crippen molar-refractivity contribution in [3.05, 3.63) is 86.1 Å². The normalized spacial score (nSPS) is 11.0. The standard InChI is InChI=1S/C21H18Cl3NOS/c1-13-9-17(14(2)25(13)11-15-5-3-4-6-18(15)23)20(26)12-27-21-10-16(22)7-8-19(21)24/h3-10H,11-12H2,1-2H3. The second-order valence-electron chi connectivity index (χ2n) is 6.25. The average Bonchev–Trinajstić information content (AvgIpc) is 2.92. The molecule has 0 amide bonds. The summed E-state index contributed by atoms with van der Waals surface area (Å²) in [6, 6.07) is 14.9. The van der Waals surface area contributed by atoms with Crippen LogP contribution in [-0.4, -0.2) is 16.1 Å². The first-order valence-corrected chi connectivity index (χ1v) is 10.5. The lowest BCUT2D eigenvalue weighted by molar-refractivity contribution is 0.102. The van der Waals surface area contributed by atoms with Gasteiger partial charge in [-0.2, -0.15) is 0 Å². The molecule has 2 aromatic carbocycles. The van der Waals surface area contributed by atoms with Crippen LogP contribution in [0.2, 0.25) is 15.1 Å². The molecule has 0 bridgehead atoms. The van der Waals surface area contributed by atoms with Crippen LogP contribution in [0.4, 0.5) is 0 Å². The van der Waals surface area contributed by atoms with E-state index < -0.39 is 0 Å². The SMILES string of the molecule is Cc1cc(C(=O)CSc2cc(Cl)ccc2Cl)c(C)n1Cc1ccccc1Cl. The number of hydrogen-bond acceptors (Lipinski definition) is 2. The maximum atomic E-state index is 12.8. The number of aryl methyl sites for hydroxylation is 1. The second kappa shape index (κ2) is 8.74. The van der Waals surface area contributed by atoms with Gasteiger partial charge in [-0.1, -0.05) is 53.0 Å². The summed E-state index contributed by atoms with van der Waals surface area (Å²) in [6.07, 6.45) is 0. The Kier molecular flexibility index (Phi) is 6.59. The first kappa shape index (κ1) is 20.3. The molecule has 0 spiro atoms. The van der Waals surface area contributed by atoms with Crippen molar-refractivity contribution in [1.82, 2.24) is 4.57 Å². The predicted molar refractivity (Wildman–Crippen MR) is 116 cm³/mol. The van der Waals surface area contributed by atoms with Gasteiger partial charge in [0, 0.05) is 38.4 Å². The molecule has 0 aliphatic rings. The minimum atomic E-state index is 0.0644. The van der Waals surface area contributed by atoms with Crippen molar-refractivity contribution in [3.8, 4) is 0 Å². The fourth-order valence-electron chi connectivity index (χ4n) is 2.93. The third-order valence-electron chi connectivity index (χ3n) is 4.41. The highest BCUT2D eigenvalue weighted by molar-refractivity contribution is 8.00. The van der Waals surface area contributed by atoms with E-state index in [9.17, 15) is 4.79 Å². The summed E-state index contributed by atoms with van der Waals surface area (Å²) in [6.45, 7) is 4.60. The summed E-state index contributed by atoms with van der Waals surface area (Å²) in [7, 11) is 0. The maximum Gasteiger partial charge on any atom is 0.174 e. The molecule has 27 heavy (non-hydrogen) atoms. The number of Topliss-reactive ketones (excluding diaryl/α,β-unsaturated/α-hetero) is 1. The van der Waals surface area contributed by atoms with Crippen LogP contribution in [0.25, 0.3) is 0 Å². The van der Waals surface area contributed by atoms with Crippen LogP contribution in [0.3, 0.4) is 0 Å². The number of carbonyl (C=O) groups is 1. The third-order valence-corrected chi connectivity index (χ3v) is 6.51. The van der Waals surface area contributed by atoms with Gasteiger partial charge in [0.15, 0.2) is 5.78 Å². The Morgan fingerprint density at radius 3 is 2.48 bits per heavy atom. The fraction of sp³-hybridized carbons (Fsp3) is 0.190. The van der Waals surface area contributed by atoms with E-state index in [2.05, 4.69) is 4.57 Å². The fourth-order valence-corrected chi connectivity index (χ4v) is 4.50. The lowest BCUT2D eigenvalue weighted by atomic mass is 10.2. The van der Waals surface area contributed by atoms with Crippen molar-refractivity contribution < 1.29 is 4.79 Å². The molecule has 3 aromatic rings. The topological polar surface area (TPSA) is 22.0 Å². The average molecular weight is 439 g/mol. The molecule has 140 valence electrons. The minimum Gasteiger partial charge on any atom is -0.344 e. The minimum absolute atomic E-state index is 0.0644. The molecule has 0 aliphatic carbocycles. The Labute approximate surface area is 178 Å². The van der Waals surface area contributed by atoms with E-state index in [1.54, 1.807) is 18.2 Å². The van der Waals surface area contributed by atoms with E-state index in [1.165, 1.54) is 11.8 Å². The van der Waals surface area contributed by atoms with Gasteiger partial charge in [0.1, 0.15) is 0 Å². The summed E-state index contributed by atoms with van der Waals surface area (Å²) in [4.78, 5) is 13.6. The van der Waals surface area contributed by atoms with Gasteiger partial charge in [-0.05, 0) is 49.7 Å². The van der Waals surface area contributed by atoms with Crippen molar-refractivity contribution in [3.63, 3.8) is 0 Å². The zero-order valence-electron chi connectivity index (χ0n) is 14.9. The zero-order valence-corrected chi connectivity index (χ0v) is 18.0. The van der Waals surface area contributed by atoms with Gasteiger partial charge in [-0.3, -0.25) is 4.79 Å². The summed E-state index contributed by atoms with van der Waals surface area (Å²) in [5.41, 5.74) is 3.72. The van der Waals surface area contributed by atoms with Gasteiger partial charge in [0.25, 0.3) is 0 Å². The molecule has 2 nitrogen and oxygen atoms in total. The van der Waals surface area contributed by atoms with Crippen LogP contribution in [-0.2, 0) is 6.54 Å². The van der Waals surface area contributed by atoms with Crippen molar-refractivity contribution in [1.29, 1.82) is 0 Å². The maximum absolute atomic E-state index is 12.8. The first-order valence-electron chi connectivity index (χ1n) is 8.38. The van der Waals surface area contributed by atoms with Crippen LogP contribution in [0.1, 0.15) is 27.3 Å². The van der Waals surface area contributed by atoms with Crippen molar-refractivity contribution in [2.45, 2.75) is 25.3 Å². The highest BCUT2D eigenvalue weighted by atomic mass is 35.5. The molecule has 0 radical (unpaired) electrons. The molecule has 0 N–H and O–H groups in total. The van der Waals surface area contributed by atoms with Gasteiger partial charge in [-0.15, -0.1) is 11.8 Å². The number of nitrogens with zero attached hydrogens (tertiary/aromatic N) is 1. The number of halogens is 3. The predicted octanol–water partition coefficient (Wildman–Crippen LogP) is 7.09. The number of carbonyl (C=O) groups excluding carboxylic acids is 1. The Morgan fingerprint density at radius 1 is 1.00 bits per heavy atom. The van der Waals surface area contributed by atoms with Gasteiger partial charge in [0.05, 0.1) is 10.8 Å². The molecule has 0 aliphatic heterocycles. The van der Waals surface area contributed by atoms with Gasteiger partial charge >= 0.3 is 0 Å². The van der Waals surface area contributed by atoms with Crippen molar-refractivity contribution in [2.75, 3.05) is 5.75 Å². The first-order chi connectivity index (χ1) is 12.9. The summed E-state index contributed by atoms with van der Waals surface area (Å²) in [5.74, 6) is 0.366. The Hall–Kier alpha value is -1.39. The number of thioether (sulfide) groups is 1. The number of aromatic nitrogens is 1. The van der Waals surface area contributed by atoms with Crippen molar-refractivity contribution in [2.24, 2.45) is 0 Å². The quantitative estimate of drug-likeness (QED) is 0.303. The van der Waals surface area contributed by atoms with Crippen LogP contribution < -0.4 is 0 Å². The molecule has 0 saturated carbocycles. The van der Waals surface area contributed by atoms with Gasteiger partial charge in [-0.25, -0.2) is 0 Å². The molecular weight excluding hydrogens is 421 g/mol. The van der Waals surface area contributed by atoms with E-state index in [0.717, 1.165) is 32.4 Å². The van der Waals surface area contributed by atoms with Gasteiger partial charge in [0.2, 0.25) is 0 Å². The second-order valence-corrected chi connectivity index (χ2v) is 8.52. The third kappa shape index (κ3) is 4.72. The van der Waals surface area contributed by atoms with E-state index in [1.807, 2.05) is 44.2 Å². The number of rotatable bonds is 6. The Balaban J connectivity index is 1.78. The number of hydrogen-bond donors (Lipinski definition) is 0. The van der Waals surface area contributed by atoms with Crippen LogP contribution in [0.15, 0.2) is 53.4 Å². The van der Waals surface area contributed by atoms with E-state index in [0.29, 0.717) is 22.3 Å². The molecule has 6 heteroatoms. The van der Waals surface area contributed by atoms with Crippen LogP contribution >= 0.6 is 46.6 Å². The summed E-state index contributed by atoms with van der Waals surface area (Å²) in [5, 5.41) is 1.93. The Bertz CT molecular complexity index is 997. The molecule has 0 saturated heterocycles. The summed E-state index contributed by atoms with van der Waals surface area (Å²) < 4.78 is 2.12. The van der Waals surface area contributed by atoms with Crippen LogP contribution in [0, 0.1) is 13.8 Å². The lowest BCUT2D eigenvalue weighted by Gasteiger charge is -2.11. The van der Waals surface area contributed by atoms with E-state index >= 15 is 0 Å². The highest BCUT2D eigenvalue weighted by Gasteiger charge is 2.17. The lowest BCUT2D eigenvalue weighted by Crippen LogP contribution is -2.08. The molecule has 0 fully saturated rings. The zero-order chi connectivity index (χ0) is 19.6. The molecular formula is C21H18Cl3NOS. The summed E-state index contributed by atoms with van der Waals surface area (Å²) >= 11 is 19.9. The van der Waals surface area contributed by atoms with E-state index in [-0.39, 0.29) is 5.78 Å². The number of ketones is 1. The van der Waals surface area contributed by atoms with Gasteiger partial charge < -0.3 is 4.57 Å². The Morgan fingerprint density at radius 2 is 1.74 bits per heavy atom. The largest absolute Gasteiger partial charge is 0.344 e. The molecule has 0 unspecified atom stereocenters. The molecule has 1 heterocycles. The monoisotopic (exact) mass is 437 g/mol. The smallest absolute Gasteiger partial charge is 0.174 e. The molecule has 1 aromatic heterocycles. The number of benzene rings is 2.